The van der Waals surface area contributed by atoms with Crippen LogP contribution in [0.4, 0.5) is 31.1 Å². The summed E-state index contributed by atoms with van der Waals surface area (Å²) in [5.74, 6) is -0.655. The van der Waals surface area contributed by atoms with Crippen LogP contribution < -0.4 is 10.6 Å². The van der Waals surface area contributed by atoms with Gasteiger partial charge in [0.1, 0.15) is 6.04 Å². The molecule has 3 saturated heterocycles. The molecule has 4 atom stereocenters. The van der Waals surface area contributed by atoms with E-state index in [1.807, 2.05) is 6.92 Å². The summed E-state index contributed by atoms with van der Waals surface area (Å²) in [7, 11) is 0. The van der Waals surface area contributed by atoms with Crippen molar-refractivity contribution >= 4 is 45.9 Å². The molecule has 3 aliphatic heterocycles. The monoisotopic (exact) mass is 676 g/mol. The predicted octanol–water partition coefficient (Wildman–Crippen LogP) is 7.79. The number of hydrogen-bond acceptors (Lipinski definition) is 3. The minimum atomic E-state index is -5.02. The number of ketones is 1. The zero-order chi connectivity index (χ0) is 32.7. The first-order valence-corrected chi connectivity index (χ1v) is 15.4. The zero-order valence-electron chi connectivity index (χ0n) is 24.2. The Bertz CT molecular complexity index is 1520. The normalized spacial score (nSPS) is 23.8. The lowest BCUT2D eigenvalue weighted by Crippen LogP contribution is -2.63. The third kappa shape index (κ3) is 7.23. The molecule has 6 nitrogen and oxygen atoms in total. The van der Waals surface area contributed by atoms with Crippen LogP contribution in [-0.2, 0) is 23.6 Å². The van der Waals surface area contributed by atoms with Gasteiger partial charge in [-0.15, -0.1) is 23.2 Å². The van der Waals surface area contributed by atoms with Crippen molar-refractivity contribution in [1.82, 2.24) is 20.5 Å². The second-order valence-electron chi connectivity index (χ2n) is 11.9. The molecule has 0 radical (unpaired) electrons. The number of nitrogens with one attached hydrogen (secondary N) is 3. The molecule has 45 heavy (non-hydrogen) atoms. The third-order valence-electron chi connectivity index (χ3n) is 9.13. The van der Waals surface area contributed by atoms with E-state index in [4.69, 9.17) is 23.2 Å². The van der Waals surface area contributed by atoms with Crippen LogP contribution in [0, 0.1) is 5.41 Å². The van der Waals surface area contributed by atoms with Gasteiger partial charge in [0.25, 0.3) is 0 Å². The fourth-order valence-corrected chi connectivity index (χ4v) is 7.13. The highest BCUT2D eigenvalue weighted by Gasteiger charge is 2.48. The molecule has 3 N–H and O–H groups in total. The number of aryl methyl sites for hydroxylation is 1. The van der Waals surface area contributed by atoms with Crippen molar-refractivity contribution in [3.05, 3.63) is 70.9 Å². The Morgan fingerprint density at radius 1 is 1.02 bits per heavy atom. The van der Waals surface area contributed by atoms with Crippen LogP contribution in [-0.4, -0.2) is 52.4 Å². The van der Waals surface area contributed by atoms with Gasteiger partial charge in [-0.2, -0.15) is 26.3 Å². The number of hydrogen-bond donors (Lipinski definition) is 3. The Morgan fingerprint density at radius 3 is 2.24 bits per heavy atom. The number of carbonyl (C=O) groups excluding carboxylic acids is 2. The Labute approximate surface area is 265 Å². The van der Waals surface area contributed by atoms with Crippen molar-refractivity contribution in [3.63, 3.8) is 0 Å². The number of aromatic amines is 1. The van der Waals surface area contributed by atoms with Crippen LogP contribution in [0.25, 0.3) is 10.9 Å². The SMILES string of the molecule is CC(Cl)C12CCN(CC1)C(NC(=O)NC(C(=O)CCc1cc(C(F)(F)F)cc(C(F)(F)F)c1)C(Cl)c1c[nH]c3ccccc13)C2. The molecule has 14 heteroatoms. The molecule has 3 aromatic rings. The van der Waals surface area contributed by atoms with Gasteiger partial charge in [-0.25, -0.2) is 4.79 Å². The second-order valence-corrected chi connectivity index (χ2v) is 13.0. The van der Waals surface area contributed by atoms with E-state index < -0.39 is 59.6 Å². The summed E-state index contributed by atoms with van der Waals surface area (Å²) >= 11 is 13.4. The van der Waals surface area contributed by atoms with Crippen molar-refractivity contribution in [2.45, 2.75) is 74.3 Å². The molecule has 0 saturated carbocycles. The van der Waals surface area contributed by atoms with E-state index in [0.717, 1.165) is 31.4 Å². The van der Waals surface area contributed by atoms with E-state index in [9.17, 15) is 35.9 Å². The quantitative estimate of drug-likeness (QED) is 0.160. The lowest BCUT2D eigenvalue weighted by molar-refractivity contribution is -0.143. The summed E-state index contributed by atoms with van der Waals surface area (Å²) in [5, 5.41) is 5.06. The van der Waals surface area contributed by atoms with Gasteiger partial charge in [-0.1, -0.05) is 18.2 Å². The van der Waals surface area contributed by atoms with Gasteiger partial charge in [0, 0.05) is 42.0 Å². The first-order valence-electron chi connectivity index (χ1n) is 14.5. The second kappa shape index (κ2) is 12.7. The molecule has 3 fully saturated rings. The van der Waals surface area contributed by atoms with Crippen LogP contribution in [0.15, 0.2) is 48.7 Å². The van der Waals surface area contributed by atoms with E-state index in [2.05, 4.69) is 20.5 Å². The van der Waals surface area contributed by atoms with Gasteiger partial charge < -0.3 is 15.6 Å². The fraction of sp³-hybridized carbons (Fsp3) is 0.484. The lowest BCUT2D eigenvalue weighted by atomic mass is 9.69. The predicted molar refractivity (Wildman–Crippen MR) is 159 cm³/mol. The molecule has 4 heterocycles. The fourth-order valence-electron chi connectivity index (χ4n) is 6.44. The minimum Gasteiger partial charge on any atom is -0.361 e. The highest BCUT2D eigenvalue weighted by Crippen LogP contribution is 2.47. The van der Waals surface area contributed by atoms with Crippen LogP contribution in [0.2, 0.25) is 0 Å². The molecule has 6 rings (SSSR count). The molecule has 0 aliphatic carbocycles. The minimum absolute atomic E-state index is 0.0366. The third-order valence-corrected chi connectivity index (χ3v) is 10.1. The van der Waals surface area contributed by atoms with Crippen LogP contribution in [0.1, 0.15) is 60.2 Å². The van der Waals surface area contributed by atoms with Crippen LogP contribution in [0.5, 0.6) is 0 Å². The number of piperidine rings is 3. The Hall–Kier alpha value is -2.96. The lowest BCUT2D eigenvalue weighted by Gasteiger charge is -2.54. The van der Waals surface area contributed by atoms with E-state index in [0.29, 0.717) is 29.5 Å². The molecular formula is C31H32Cl2F6N4O2. The molecule has 2 bridgehead atoms. The number of aromatic nitrogens is 1. The maximum atomic E-state index is 13.6. The van der Waals surface area contributed by atoms with Crippen molar-refractivity contribution in [2.75, 3.05) is 13.1 Å². The van der Waals surface area contributed by atoms with Crippen molar-refractivity contribution in [1.29, 1.82) is 0 Å². The summed E-state index contributed by atoms with van der Waals surface area (Å²) in [6.07, 6.45) is -7.27. The number of halogens is 8. The summed E-state index contributed by atoms with van der Waals surface area (Å²) in [4.78, 5) is 32.2. The number of alkyl halides is 8. The van der Waals surface area contributed by atoms with Crippen molar-refractivity contribution < 1.29 is 35.9 Å². The highest BCUT2D eigenvalue weighted by molar-refractivity contribution is 6.24. The largest absolute Gasteiger partial charge is 0.416 e. The summed E-state index contributed by atoms with van der Waals surface area (Å²) in [6.45, 7) is 3.43. The maximum Gasteiger partial charge on any atom is 0.416 e. The summed E-state index contributed by atoms with van der Waals surface area (Å²) in [6, 6.07) is 6.34. The average Bonchev–Trinajstić information content (AvgIpc) is 3.42. The molecular weight excluding hydrogens is 645 g/mol. The molecule has 4 unspecified atom stereocenters. The van der Waals surface area contributed by atoms with E-state index >= 15 is 0 Å². The number of Topliss-reactive ketones (excluding diaryl/α,β-unsaturated/α-hetero) is 1. The van der Waals surface area contributed by atoms with E-state index in [1.54, 1.807) is 30.5 Å². The number of nitrogens with zero attached hydrogens (tertiary/aromatic N) is 1. The maximum absolute atomic E-state index is 13.6. The molecule has 1 aromatic heterocycles. The van der Waals surface area contributed by atoms with Crippen molar-refractivity contribution in [3.8, 4) is 0 Å². The molecule has 2 amide bonds. The number of benzene rings is 2. The molecule has 3 aliphatic rings. The summed E-state index contributed by atoms with van der Waals surface area (Å²) < 4.78 is 80.4. The Balaban J connectivity index is 1.37. The van der Waals surface area contributed by atoms with Gasteiger partial charge in [-0.3, -0.25) is 9.69 Å². The number of urea groups is 1. The first-order chi connectivity index (χ1) is 21.1. The molecule has 0 spiro atoms. The number of para-hydroxylation sites is 1. The van der Waals surface area contributed by atoms with Crippen LogP contribution >= 0.6 is 23.2 Å². The topological polar surface area (TPSA) is 77.2 Å². The first kappa shape index (κ1) is 33.4. The smallest absolute Gasteiger partial charge is 0.361 e. The van der Waals surface area contributed by atoms with Crippen LogP contribution in [0.3, 0.4) is 0 Å². The molecule has 244 valence electrons. The van der Waals surface area contributed by atoms with Gasteiger partial charge in [-0.05, 0) is 73.4 Å². The van der Waals surface area contributed by atoms with Crippen molar-refractivity contribution in [2.24, 2.45) is 5.41 Å². The highest BCUT2D eigenvalue weighted by atomic mass is 35.5. The number of H-pyrrole nitrogens is 1. The number of carbonyl (C=O) groups is 2. The Morgan fingerprint density at radius 2 is 1.64 bits per heavy atom. The van der Waals surface area contributed by atoms with Gasteiger partial charge in [0.05, 0.1) is 22.7 Å². The average molecular weight is 678 g/mol. The van der Waals surface area contributed by atoms with Gasteiger partial charge in [0.15, 0.2) is 5.78 Å². The number of rotatable bonds is 9. The van der Waals surface area contributed by atoms with Gasteiger partial charge in [0.2, 0.25) is 0 Å². The molecule has 2 aromatic carbocycles. The standard InChI is InChI=1S/C31H32Cl2F6N4O2/c1-17(32)29-8-10-43(11-9-29)25(15-29)41-28(45)42-27(26(33)22-16-40-23-5-3-2-4-21(22)23)24(44)7-6-18-12-19(30(34,35)36)14-20(13-18)31(37,38)39/h2-5,12-14,16-17,25-27,40H,6-11,15H2,1H3,(H2,41,42,45). The van der Waals surface area contributed by atoms with E-state index in [-0.39, 0.29) is 28.6 Å². The zero-order valence-corrected chi connectivity index (χ0v) is 25.7. The van der Waals surface area contributed by atoms with E-state index in [1.165, 1.54) is 0 Å². The Kier molecular flexibility index (Phi) is 9.41. The number of fused-ring (bicyclic) bond motifs is 4. The van der Waals surface area contributed by atoms with Gasteiger partial charge >= 0.3 is 18.4 Å². The summed E-state index contributed by atoms with van der Waals surface area (Å²) in [5.41, 5.74) is -2.17. The number of amides is 2.